The lowest BCUT2D eigenvalue weighted by Gasteiger charge is -2.14. The number of carbonyl (C=O) groups is 3. The molecule has 1 heterocycles. The van der Waals surface area contributed by atoms with E-state index in [1.807, 2.05) is 0 Å². The van der Waals surface area contributed by atoms with Crippen LogP contribution < -0.4 is 21.3 Å². The van der Waals surface area contributed by atoms with Crippen molar-refractivity contribution in [1.29, 1.82) is 0 Å². The Morgan fingerprint density at radius 1 is 1.00 bits per heavy atom. The summed E-state index contributed by atoms with van der Waals surface area (Å²) in [5.74, 6) is -3.31. The van der Waals surface area contributed by atoms with Crippen molar-refractivity contribution in [3.8, 4) is 0 Å². The Morgan fingerprint density at radius 3 is 2.31 bits per heavy atom. The van der Waals surface area contributed by atoms with Crippen molar-refractivity contribution in [3.05, 3.63) is 77.5 Å². The van der Waals surface area contributed by atoms with Crippen molar-refractivity contribution >= 4 is 40.8 Å². The number of carboxylic acids is 1. The van der Waals surface area contributed by atoms with Gasteiger partial charge >= 0.3 is 12.0 Å². The molecule has 2 unspecified atom stereocenters. The number of carbonyl (C=O) groups excluding carboxylic acids is 2. The van der Waals surface area contributed by atoms with Crippen LogP contribution in [0, 0.1) is 17.6 Å². The maximum Gasteiger partial charge on any atom is 0.320 e. The first-order valence-corrected chi connectivity index (χ1v) is 11.2. The summed E-state index contributed by atoms with van der Waals surface area (Å²) in [6, 6.07) is 10.5. The number of rotatable bonds is 8. The van der Waals surface area contributed by atoms with Gasteiger partial charge in [-0.2, -0.15) is 0 Å². The first-order chi connectivity index (χ1) is 17.2. The Morgan fingerprint density at radius 2 is 1.69 bits per heavy atom. The van der Waals surface area contributed by atoms with E-state index in [4.69, 9.17) is 5.11 Å². The normalized spacial score (nSPS) is 16.1. The number of benzene rings is 2. The van der Waals surface area contributed by atoms with Crippen molar-refractivity contribution in [3.63, 3.8) is 0 Å². The van der Waals surface area contributed by atoms with Crippen molar-refractivity contribution < 1.29 is 28.3 Å². The fourth-order valence-corrected chi connectivity index (χ4v) is 3.76. The van der Waals surface area contributed by atoms with Crippen molar-refractivity contribution in [2.24, 2.45) is 5.92 Å². The molecule has 4 rings (SSSR count). The number of hydrogen-bond acceptors (Lipinski definition) is 5. The van der Waals surface area contributed by atoms with Crippen LogP contribution in [-0.2, 0) is 4.79 Å². The minimum absolute atomic E-state index is 0.0381. The summed E-state index contributed by atoms with van der Waals surface area (Å²) in [6.45, 7) is 2.13. The number of amides is 3. The Balaban J connectivity index is 1.56. The monoisotopic (exact) mass is 495 g/mol. The van der Waals surface area contributed by atoms with Crippen molar-refractivity contribution in [2.45, 2.75) is 19.3 Å². The second-order valence-electron chi connectivity index (χ2n) is 8.25. The SMILES string of the molecule is CCNC(=O)Nc1cc(Nc2cc(F)cc(F)c2)c(C(=O)Nc2ccc(C3CC3C(=O)O)cc2)cn1. The van der Waals surface area contributed by atoms with Crippen LogP contribution in [-0.4, -0.2) is 34.5 Å². The molecule has 0 saturated heterocycles. The molecule has 2 atom stereocenters. The predicted octanol–water partition coefficient (Wildman–Crippen LogP) is 4.69. The fraction of sp³-hybridized carbons (Fsp3) is 0.200. The maximum absolute atomic E-state index is 13.7. The van der Waals surface area contributed by atoms with Gasteiger partial charge in [-0.15, -0.1) is 0 Å². The van der Waals surface area contributed by atoms with Gasteiger partial charge < -0.3 is 21.1 Å². The van der Waals surface area contributed by atoms with Crippen LogP contribution >= 0.6 is 0 Å². The summed E-state index contributed by atoms with van der Waals surface area (Å²) in [7, 11) is 0. The molecular formula is C25H23F2N5O4. The van der Waals surface area contributed by atoms with Crippen molar-refractivity contribution in [2.75, 3.05) is 22.5 Å². The number of hydrogen-bond donors (Lipinski definition) is 5. The Labute approximate surface area is 204 Å². The maximum atomic E-state index is 13.7. The van der Waals surface area contributed by atoms with E-state index in [2.05, 4.69) is 26.3 Å². The fourth-order valence-electron chi connectivity index (χ4n) is 3.76. The molecule has 186 valence electrons. The third-order valence-electron chi connectivity index (χ3n) is 5.57. The molecule has 0 radical (unpaired) electrons. The largest absolute Gasteiger partial charge is 0.481 e. The summed E-state index contributed by atoms with van der Waals surface area (Å²) < 4.78 is 27.4. The number of urea groups is 1. The molecule has 1 fully saturated rings. The van der Waals surface area contributed by atoms with E-state index >= 15 is 0 Å². The summed E-state index contributed by atoms with van der Waals surface area (Å²) >= 11 is 0. The van der Waals surface area contributed by atoms with Crippen LogP contribution in [0.15, 0.2) is 54.7 Å². The van der Waals surface area contributed by atoms with E-state index in [0.717, 1.165) is 23.8 Å². The first-order valence-electron chi connectivity index (χ1n) is 11.2. The molecule has 9 nitrogen and oxygen atoms in total. The molecule has 5 N–H and O–H groups in total. The second-order valence-corrected chi connectivity index (χ2v) is 8.25. The van der Waals surface area contributed by atoms with Crippen molar-refractivity contribution in [1.82, 2.24) is 10.3 Å². The number of pyridine rings is 1. The second kappa shape index (κ2) is 10.4. The molecule has 1 aliphatic rings. The summed E-state index contributed by atoms with van der Waals surface area (Å²) in [5.41, 5.74) is 1.59. The Bertz CT molecular complexity index is 1300. The topological polar surface area (TPSA) is 132 Å². The molecule has 3 amide bonds. The highest BCUT2D eigenvalue weighted by Gasteiger charge is 2.44. The number of halogens is 2. The molecule has 36 heavy (non-hydrogen) atoms. The number of nitrogens with one attached hydrogen (secondary N) is 4. The number of aliphatic carboxylic acids is 1. The standard InChI is InChI=1S/C25H23F2N5O4/c1-2-28-25(36)32-22-11-21(30-17-8-14(26)7-15(27)9-17)20(12-29-22)23(33)31-16-5-3-13(4-6-16)18-10-19(18)24(34)35/h3-9,11-12,18-19H,2,10H2,1H3,(H,31,33)(H,34,35)(H3,28,29,30,32,36). The summed E-state index contributed by atoms with van der Waals surface area (Å²) in [6.07, 6.45) is 1.81. The number of carboxylic acid groups (broad SMARTS) is 1. The third-order valence-corrected chi connectivity index (χ3v) is 5.57. The highest BCUT2D eigenvalue weighted by molar-refractivity contribution is 6.08. The zero-order valence-electron chi connectivity index (χ0n) is 19.1. The Kier molecular flexibility index (Phi) is 7.09. The number of nitrogens with zero attached hydrogens (tertiary/aromatic N) is 1. The lowest BCUT2D eigenvalue weighted by atomic mass is 10.1. The van der Waals surface area contributed by atoms with Gasteiger partial charge in [0, 0.05) is 36.2 Å². The Hall–Kier alpha value is -4.54. The predicted molar refractivity (Wildman–Crippen MR) is 129 cm³/mol. The molecule has 1 aromatic heterocycles. The minimum Gasteiger partial charge on any atom is -0.481 e. The van der Waals surface area contributed by atoms with Gasteiger partial charge in [0.25, 0.3) is 5.91 Å². The lowest BCUT2D eigenvalue weighted by Crippen LogP contribution is -2.28. The van der Waals surface area contributed by atoms with Crippen LogP contribution in [0.2, 0.25) is 0 Å². The summed E-state index contributed by atoms with van der Waals surface area (Å²) in [5, 5.41) is 19.7. The average molecular weight is 495 g/mol. The molecule has 1 saturated carbocycles. The van der Waals surface area contributed by atoms with Crippen LogP contribution in [0.3, 0.4) is 0 Å². The van der Waals surface area contributed by atoms with Gasteiger partial charge in [-0.3, -0.25) is 14.9 Å². The molecule has 0 spiro atoms. The number of aromatic nitrogens is 1. The van der Waals surface area contributed by atoms with Gasteiger partial charge in [0.2, 0.25) is 0 Å². The minimum atomic E-state index is -0.826. The van der Waals surface area contributed by atoms with E-state index in [9.17, 15) is 23.2 Å². The number of anilines is 4. The van der Waals surface area contributed by atoms with Crippen LogP contribution in [0.5, 0.6) is 0 Å². The van der Waals surface area contributed by atoms with E-state index in [-0.39, 0.29) is 34.6 Å². The van der Waals surface area contributed by atoms with Gasteiger partial charge in [0.15, 0.2) is 0 Å². The van der Waals surface area contributed by atoms with Crippen LogP contribution in [0.4, 0.5) is 36.5 Å². The highest BCUT2D eigenvalue weighted by Crippen LogP contribution is 2.47. The van der Waals surface area contributed by atoms with E-state index in [1.165, 1.54) is 12.3 Å². The molecule has 0 bridgehead atoms. The van der Waals surface area contributed by atoms with Crippen LogP contribution in [0.1, 0.15) is 35.2 Å². The van der Waals surface area contributed by atoms with E-state index in [1.54, 1.807) is 31.2 Å². The molecule has 0 aliphatic heterocycles. The molecule has 1 aliphatic carbocycles. The molecule has 11 heteroatoms. The van der Waals surface area contributed by atoms with Gasteiger partial charge in [0.05, 0.1) is 17.2 Å². The first kappa shape index (κ1) is 24.6. The quantitative estimate of drug-likeness (QED) is 0.308. The average Bonchev–Trinajstić information content (AvgIpc) is 3.60. The van der Waals surface area contributed by atoms with Crippen LogP contribution in [0.25, 0.3) is 0 Å². The zero-order chi connectivity index (χ0) is 25.8. The molecular weight excluding hydrogens is 472 g/mol. The van der Waals surface area contributed by atoms with E-state index < -0.39 is 29.5 Å². The highest BCUT2D eigenvalue weighted by atomic mass is 19.1. The third kappa shape index (κ3) is 5.93. The summed E-state index contributed by atoms with van der Waals surface area (Å²) in [4.78, 5) is 40.1. The molecule has 2 aromatic carbocycles. The zero-order valence-corrected chi connectivity index (χ0v) is 19.1. The van der Waals surface area contributed by atoms with Gasteiger partial charge in [-0.1, -0.05) is 12.1 Å². The van der Waals surface area contributed by atoms with E-state index in [0.29, 0.717) is 18.7 Å². The lowest BCUT2D eigenvalue weighted by molar-refractivity contribution is -0.138. The van der Waals surface area contributed by atoms with Gasteiger partial charge in [0.1, 0.15) is 17.5 Å². The van der Waals surface area contributed by atoms with Gasteiger partial charge in [-0.25, -0.2) is 18.6 Å². The molecule has 3 aromatic rings. The smallest absolute Gasteiger partial charge is 0.320 e. The van der Waals surface area contributed by atoms with Gasteiger partial charge in [-0.05, 0) is 49.1 Å².